The minimum atomic E-state index is -0.153. The Kier molecular flexibility index (Phi) is 6.29. The van der Waals surface area contributed by atoms with Crippen LogP contribution >= 0.6 is 0 Å². The van der Waals surface area contributed by atoms with Crippen LogP contribution in [0.4, 0.5) is 0 Å². The second kappa shape index (κ2) is 6.35. The largest absolute Gasteiger partial charge is 0.395 e. The van der Waals surface area contributed by atoms with Gasteiger partial charge in [0.05, 0.1) is 19.3 Å². The zero-order chi connectivity index (χ0) is 10.3. The van der Waals surface area contributed by atoms with Crippen LogP contribution in [-0.2, 0) is 0 Å². The molecule has 0 bridgehead atoms. The van der Waals surface area contributed by atoms with Crippen molar-refractivity contribution in [2.45, 2.75) is 39.7 Å². The Bertz CT molecular complexity index is 117. The summed E-state index contributed by atoms with van der Waals surface area (Å²) in [6.45, 7) is 7.51. The van der Waals surface area contributed by atoms with Gasteiger partial charge in [-0.1, -0.05) is 20.8 Å². The molecule has 0 unspecified atom stereocenters. The first-order valence-corrected chi connectivity index (χ1v) is 4.94. The molecule has 0 atom stereocenters. The smallest absolute Gasteiger partial charge is 0.0607 e. The van der Waals surface area contributed by atoms with Crippen LogP contribution in [0.15, 0.2) is 0 Å². The third kappa shape index (κ3) is 8.22. The molecule has 13 heavy (non-hydrogen) atoms. The fourth-order valence-corrected chi connectivity index (χ4v) is 1.11. The zero-order valence-electron chi connectivity index (χ0n) is 9.01. The molecule has 0 heterocycles. The van der Waals surface area contributed by atoms with Crippen LogP contribution in [0.1, 0.15) is 33.6 Å². The second-order valence-corrected chi connectivity index (χ2v) is 4.68. The Morgan fingerprint density at radius 3 is 2.08 bits per heavy atom. The Balaban J connectivity index is 3.34. The SMILES string of the molecule is CC(C)(C)CCCNC(CO)CO. The number of hydrogen-bond donors (Lipinski definition) is 3. The maximum absolute atomic E-state index is 8.76. The predicted octanol–water partition coefficient (Wildman–Crippen LogP) is 0.756. The molecule has 0 aromatic heterocycles. The summed E-state index contributed by atoms with van der Waals surface area (Å²) in [4.78, 5) is 0. The highest BCUT2D eigenvalue weighted by molar-refractivity contribution is 4.66. The van der Waals surface area contributed by atoms with Gasteiger partial charge in [0.1, 0.15) is 0 Å². The maximum Gasteiger partial charge on any atom is 0.0607 e. The van der Waals surface area contributed by atoms with Crippen molar-refractivity contribution in [2.75, 3.05) is 19.8 Å². The van der Waals surface area contributed by atoms with Crippen LogP contribution in [0.25, 0.3) is 0 Å². The van der Waals surface area contributed by atoms with Crippen molar-refractivity contribution in [3.63, 3.8) is 0 Å². The van der Waals surface area contributed by atoms with Crippen LogP contribution < -0.4 is 5.32 Å². The normalized spacial score (nSPS) is 12.5. The van der Waals surface area contributed by atoms with E-state index < -0.39 is 0 Å². The second-order valence-electron chi connectivity index (χ2n) is 4.68. The van der Waals surface area contributed by atoms with Crippen LogP contribution in [0, 0.1) is 5.41 Å². The van der Waals surface area contributed by atoms with Gasteiger partial charge in [0.2, 0.25) is 0 Å². The van der Waals surface area contributed by atoms with Crippen molar-refractivity contribution >= 4 is 0 Å². The summed E-state index contributed by atoms with van der Waals surface area (Å²) < 4.78 is 0. The summed E-state index contributed by atoms with van der Waals surface area (Å²) >= 11 is 0. The molecular formula is C10H23NO2. The highest BCUT2D eigenvalue weighted by Gasteiger charge is 2.09. The molecule has 0 saturated heterocycles. The average Bonchev–Trinajstić information content (AvgIpc) is 2.03. The Hall–Kier alpha value is -0.120. The van der Waals surface area contributed by atoms with Gasteiger partial charge in [-0.2, -0.15) is 0 Å². The highest BCUT2D eigenvalue weighted by atomic mass is 16.3. The van der Waals surface area contributed by atoms with Gasteiger partial charge >= 0.3 is 0 Å². The van der Waals surface area contributed by atoms with E-state index in [0.29, 0.717) is 5.41 Å². The molecule has 0 aliphatic heterocycles. The van der Waals surface area contributed by atoms with Crippen LogP contribution in [0.3, 0.4) is 0 Å². The van der Waals surface area contributed by atoms with E-state index in [1.165, 1.54) is 0 Å². The molecule has 3 nitrogen and oxygen atoms in total. The van der Waals surface area contributed by atoms with Gasteiger partial charge in [0.15, 0.2) is 0 Å². The van der Waals surface area contributed by atoms with Crippen molar-refractivity contribution in [1.82, 2.24) is 5.32 Å². The lowest BCUT2D eigenvalue weighted by molar-refractivity contribution is 0.170. The van der Waals surface area contributed by atoms with E-state index in [9.17, 15) is 0 Å². The van der Waals surface area contributed by atoms with Crippen molar-refractivity contribution in [2.24, 2.45) is 5.41 Å². The fraction of sp³-hybridized carbons (Fsp3) is 1.00. The van der Waals surface area contributed by atoms with Crippen molar-refractivity contribution in [1.29, 1.82) is 0 Å². The summed E-state index contributed by atoms with van der Waals surface area (Å²) in [5, 5.41) is 20.6. The molecule has 0 spiro atoms. The van der Waals surface area contributed by atoms with E-state index in [2.05, 4.69) is 26.1 Å². The third-order valence-electron chi connectivity index (χ3n) is 1.98. The summed E-state index contributed by atoms with van der Waals surface area (Å²) in [6.07, 6.45) is 2.24. The highest BCUT2D eigenvalue weighted by Crippen LogP contribution is 2.19. The van der Waals surface area contributed by atoms with Crippen LogP contribution in [0.2, 0.25) is 0 Å². The van der Waals surface area contributed by atoms with Crippen molar-refractivity contribution in [3.8, 4) is 0 Å². The van der Waals surface area contributed by atoms with Crippen molar-refractivity contribution < 1.29 is 10.2 Å². The van der Waals surface area contributed by atoms with E-state index in [-0.39, 0.29) is 19.3 Å². The van der Waals surface area contributed by atoms with Gasteiger partial charge in [-0.05, 0) is 24.8 Å². The summed E-state index contributed by atoms with van der Waals surface area (Å²) in [6, 6.07) is -0.153. The summed E-state index contributed by atoms with van der Waals surface area (Å²) in [7, 11) is 0. The molecule has 0 saturated carbocycles. The molecule has 80 valence electrons. The minimum absolute atomic E-state index is 0.00597. The molecule has 3 N–H and O–H groups in total. The van der Waals surface area contributed by atoms with E-state index in [4.69, 9.17) is 10.2 Å². The van der Waals surface area contributed by atoms with Crippen LogP contribution in [-0.4, -0.2) is 36.0 Å². The van der Waals surface area contributed by atoms with E-state index in [1.807, 2.05) is 0 Å². The molecule has 3 heteroatoms. The minimum Gasteiger partial charge on any atom is -0.395 e. The van der Waals surface area contributed by atoms with Crippen LogP contribution in [0.5, 0.6) is 0 Å². The molecular weight excluding hydrogens is 166 g/mol. The van der Waals surface area contributed by atoms with Gasteiger partial charge in [-0.15, -0.1) is 0 Å². The van der Waals surface area contributed by atoms with E-state index in [1.54, 1.807) is 0 Å². The molecule has 0 aliphatic rings. The Labute approximate surface area is 81.2 Å². The van der Waals surface area contributed by atoms with E-state index >= 15 is 0 Å². The maximum atomic E-state index is 8.76. The van der Waals surface area contributed by atoms with Gasteiger partial charge in [0, 0.05) is 0 Å². The molecule has 0 rings (SSSR count). The number of aliphatic hydroxyl groups excluding tert-OH is 2. The van der Waals surface area contributed by atoms with Gasteiger partial charge < -0.3 is 15.5 Å². The molecule has 0 aromatic rings. The Morgan fingerprint density at radius 1 is 1.15 bits per heavy atom. The zero-order valence-corrected chi connectivity index (χ0v) is 9.01. The van der Waals surface area contributed by atoms with Crippen molar-refractivity contribution in [3.05, 3.63) is 0 Å². The number of hydrogen-bond acceptors (Lipinski definition) is 3. The standard InChI is InChI=1S/C10H23NO2/c1-10(2,3)5-4-6-11-9(7-12)8-13/h9,11-13H,4-8H2,1-3H3. The van der Waals surface area contributed by atoms with E-state index in [0.717, 1.165) is 19.4 Å². The Morgan fingerprint density at radius 2 is 1.69 bits per heavy atom. The average molecular weight is 189 g/mol. The first-order valence-electron chi connectivity index (χ1n) is 4.94. The van der Waals surface area contributed by atoms with Gasteiger partial charge in [-0.3, -0.25) is 0 Å². The number of aliphatic hydroxyl groups is 2. The lowest BCUT2D eigenvalue weighted by Gasteiger charge is -2.19. The monoisotopic (exact) mass is 189 g/mol. The fourth-order valence-electron chi connectivity index (χ4n) is 1.11. The summed E-state index contributed by atoms with van der Waals surface area (Å²) in [5.74, 6) is 0. The molecule has 0 aliphatic carbocycles. The quantitative estimate of drug-likeness (QED) is 0.541. The predicted molar refractivity (Wildman–Crippen MR) is 54.7 cm³/mol. The lowest BCUT2D eigenvalue weighted by Crippen LogP contribution is -2.36. The summed E-state index contributed by atoms with van der Waals surface area (Å²) in [5.41, 5.74) is 0.371. The number of nitrogens with one attached hydrogen (secondary N) is 1. The third-order valence-corrected chi connectivity index (χ3v) is 1.98. The molecule has 0 amide bonds. The molecule has 0 fully saturated rings. The van der Waals surface area contributed by atoms with Gasteiger partial charge in [-0.25, -0.2) is 0 Å². The first kappa shape index (κ1) is 12.9. The lowest BCUT2D eigenvalue weighted by atomic mass is 9.90. The molecule has 0 aromatic carbocycles. The van der Waals surface area contributed by atoms with Gasteiger partial charge in [0.25, 0.3) is 0 Å². The topological polar surface area (TPSA) is 52.5 Å². The molecule has 0 radical (unpaired) electrons. The first-order chi connectivity index (χ1) is 5.99. The number of rotatable bonds is 6.